The Balaban J connectivity index is 3.85. The SMILES string of the molecule is CC(=O)OCC(COC(C)=O)OC(=O)CCCCCCCCC(C)O. The summed E-state index contributed by atoms with van der Waals surface area (Å²) in [6, 6.07) is 0. The molecule has 1 atom stereocenters. The van der Waals surface area contributed by atoms with E-state index in [1.807, 2.05) is 0 Å². The summed E-state index contributed by atoms with van der Waals surface area (Å²) < 4.78 is 14.8. The molecule has 0 saturated heterocycles. The number of hydrogen-bond acceptors (Lipinski definition) is 7. The summed E-state index contributed by atoms with van der Waals surface area (Å²) in [5, 5.41) is 9.16. The Bertz CT molecular complexity index is 375. The fourth-order valence-electron chi connectivity index (χ4n) is 2.20. The lowest BCUT2D eigenvalue weighted by atomic mass is 10.1. The van der Waals surface area contributed by atoms with Gasteiger partial charge in [-0.05, 0) is 19.8 Å². The first kappa shape index (κ1) is 23.4. The highest BCUT2D eigenvalue weighted by molar-refractivity contribution is 5.70. The highest BCUT2D eigenvalue weighted by atomic mass is 16.6. The zero-order valence-electron chi connectivity index (χ0n) is 15.6. The van der Waals surface area contributed by atoms with Gasteiger partial charge in [0.05, 0.1) is 6.10 Å². The minimum atomic E-state index is -0.777. The van der Waals surface area contributed by atoms with Crippen LogP contribution < -0.4 is 0 Å². The van der Waals surface area contributed by atoms with E-state index in [2.05, 4.69) is 0 Å². The van der Waals surface area contributed by atoms with Crippen molar-refractivity contribution in [1.82, 2.24) is 0 Å². The van der Waals surface area contributed by atoms with Crippen LogP contribution in [0.25, 0.3) is 0 Å². The molecule has 7 nitrogen and oxygen atoms in total. The van der Waals surface area contributed by atoms with E-state index in [1.54, 1.807) is 6.92 Å². The van der Waals surface area contributed by atoms with Crippen molar-refractivity contribution in [2.24, 2.45) is 0 Å². The van der Waals surface area contributed by atoms with Gasteiger partial charge in [0.1, 0.15) is 13.2 Å². The van der Waals surface area contributed by atoms with E-state index < -0.39 is 24.0 Å². The van der Waals surface area contributed by atoms with E-state index in [9.17, 15) is 14.4 Å². The molecule has 0 aliphatic rings. The molecular formula is C18H32O7. The van der Waals surface area contributed by atoms with Crippen molar-refractivity contribution in [3.05, 3.63) is 0 Å². The van der Waals surface area contributed by atoms with Crippen molar-refractivity contribution < 1.29 is 33.7 Å². The molecule has 0 aromatic rings. The van der Waals surface area contributed by atoms with Gasteiger partial charge in [0.15, 0.2) is 6.10 Å². The first-order valence-electron chi connectivity index (χ1n) is 8.95. The van der Waals surface area contributed by atoms with Crippen LogP contribution in [0.3, 0.4) is 0 Å². The Morgan fingerprint density at radius 3 is 1.80 bits per heavy atom. The summed E-state index contributed by atoms with van der Waals surface area (Å²) in [5.74, 6) is -1.36. The molecule has 0 bridgehead atoms. The molecule has 146 valence electrons. The van der Waals surface area contributed by atoms with E-state index in [1.165, 1.54) is 13.8 Å². The van der Waals surface area contributed by atoms with Gasteiger partial charge in [-0.15, -0.1) is 0 Å². The minimum Gasteiger partial charge on any atom is -0.462 e. The van der Waals surface area contributed by atoms with Gasteiger partial charge >= 0.3 is 17.9 Å². The highest BCUT2D eigenvalue weighted by Gasteiger charge is 2.17. The molecule has 0 rings (SSSR count). The summed E-state index contributed by atoms with van der Waals surface area (Å²) in [7, 11) is 0. The van der Waals surface area contributed by atoms with E-state index in [0.29, 0.717) is 0 Å². The van der Waals surface area contributed by atoms with E-state index >= 15 is 0 Å². The van der Waals surface area contributed by atoms with Crippen LogP contribution in [0.15, 0.2) is 0 Å². The number of aliphatic hydroxyl groups is 1. The number of aliphatic hydroxyl groups excluding tert-OH is 1. The van der Waals surface area contributed by atoms with Crippen LogP contribution in [0.1, 0.15) is 72.1 Å². The van der Waals surface area contributed by atoms with Gasteiger partial charge in [-0.1, -0.05) is 32.1 Å². The maximum Gasteiger partial charge on any atom is 0.306 e. The Hall–Kier alpha value is -1.63. The Morgan fingerprint density at radius 1 is 0.840 bits per heavy atom. The zero-order valence-corrected chi connectivity index (χ0v) is 15.6. The predicted molar refractivity (Wildman–Crippen MR) is 91.8 cm³/mol. The van der Waals surface area contributed by atoms with Crippen LogP contribution >= 0.6 is 0 Å². The van der Waals surface area contributed by atoms with Gasteiger partial charge in [-0.2, -0.15) is 0 Å². The number of carbonyl (C=O) groups excluding carboxylic acids is 3. The Labute approximate surface area is 150 Å². The Morgan fingerprint density at radius 2 is 1.32 bits per heavy atom. The quantitative estimate of drug-likeness (QED) is 0.289. The number of carbonyl (C=O) groups is 3. The standard InChI is InChI=1S/C18H32O7/c1-14(19)10-8-6-4-5-7-9-11-18(22)25-17(12-23-15(2)20)13-24-16(3)21/h14,17,19H,4-13H2,1-3H3. The first-order chi connectivity index (χ1) is 11.8. The smallest absolute Gasteiger partial charge is 0.306 e. The molecule has 0 aliphatic carbocycles. The van der Waals surface area contributed by atoms with Crippen molar-refractivity contribution in [3.63, 3.8) is 0 Å². The van der Waals surface area contributed by atoms with Crippen molar-refractivity contribution >= 4 is 17.9 Å². The maximum atomic E-state index is 11.8. The molecular weight excluding hydrogens is 328 g/mol. The molecule has 0 fully saturated rings. The van der Waals surface area contributed by atoms with Gasteiger partial charge < -0.3 is 19.3 Å². The normalized spacial score (nSPS) is 11.9. The molecule has 0 heterocycles. The second-order valence-electron chi connectivity index (χ2n) is 6.23. The predicted octanol–water partition coefficient (Wildman–Crippen LogP) is 2.53. The van der Waals surface area contributed by atoms with Crippen molar-refractivity contribution in [2.45, 2.75) is 84.3 Å². The van der Waals surface area contributed by atoms with Gasteiger partial charge in [0.2, 0.25) is 0 Å². The fraction of sp³-hybridized carbons (Fsp3) is 0.833. The highest BCUT2D eigenvalue weighted by Crippen LogP contribution is 2.10. The largest absolute Gasteiger partial charge is 0.462 e. The summed E-state index contributed by atoms with van der Waals surface area (Å²) in [4.78, 5) is 33.5. The van der Waals surface area contributed by atoms with Crippen molar-refractivity contribution in [2.75, 3.05) is 13.2 Å². The molecule has 1 unspecified atom stereocenters. The molecule has 0 aromatic heterocycles. The van der Waals surface area contributed by atoms with Crippen LogP contribution in [0.4, 0.5) is 0 Å². The van der Waals surface area contributed by atoms with E-state index in [4.69, 9.17) is 19.3 Å². The summed E-state index contributed by atoms with van der Waals surface area (Å²) in [6.45, 7) is 4.05. The van der Waals surface area contributed by atoms with Crippen LogP contribution in [-0.4, -0.2) is 48.4 Å². The molecule has 0 saturated carbocycles. The van der Waals surface area contributed by atoms with E-state index in [-0.39, 0.29) is 25.7 Å². The second-order valence-corrected chi connectivity index (χ2v) is 6.23. The zero-order chi connectivity index (χ0) is 19.1. The van der Waals surface area contributed by atoms with Gasteiger partial charge in [0, 0.05) is 20.3 Å². The number of ether oxygens (including phenoxy) is 3. The third-order valence-electron chi connectivity index (χ3n) is 3.50. The molecule has 7 heteroatoms. The minimum absolute atomic E-state index is 0.127. The first-order valence-corrected chi connectivity index (χ1v) is 8.95. The van der Waals surface area contributed by atoms with Crippen molar-refractivity contribution in [3.8, 4) is 0 Å². The maximum absolute atomic E-state index is 11.8. The average Bonchev–Trinajstić information content (AvgIpc) is 2.52. The molecule has 0 aliphatic heterocycles. The lowest BCUT2D eigenvalue weighted by Crippen LogP contribution is -2.30. The fourth-order valence-corrected chi connectivity index (χ4v) is 2.20. The van der Waals surface area contributed by atoms with Crippen LogP contribution in [-0.2, 0) is 28.6 Å². The number of esters is 3. The van der Waals surface area contributed by atoms with Gasteiger partial charge in [-0.3, -0.25) is 14.4 Å². The lowest BCUT2D eigenvalue weighted by molar-refractivity contribution is -0.165. The van der Waals surface area contributed by atoms with Crippen molar-refractivity contribution in [1.29, 1.82) is 0 Å². The summed E-state index contributed by atoms with van der Waals surface area (Å²) in [5.41, 5.74) is 0. The molecule has 0 aromatic carbocycles. The number of rotatable bonds is 14. The third kappa shape index (κ3) is 17.0. The van der Waals surface area contributed by atoms with Crippen LogP contribution in [0.2, 0.25) is 0 Å². The topological polar surface area (TPSA) is 99.1 Å². The molecule has 25 heavy (non-hydrogen) atoms. The number of hydrogen-bond donors (Lipinski definition) is 1. The van der Waals surface area contributed by atoms with Gasteiger partial charge in [0.25, 0.3) is 0 Å². The second kappa shape index (κ2) is 14.7. The lowest BCUT2D eigenvalue weighted by Gasteiger charge is -2.17. The molecule has 0 spiro atoms. The monoisotopic (exact) mass is 360 g/mol. The summed E-state index contributed by atoms with van der Waals surface area (Å²) in [6.07, 6.45) is 5.99. The third-order valence-corrected chi connectivity index (χ3v) is 3.50. The Kier molecular flexibility index (Phi) is 13.7. The number of unbranched alkanes of at least 4 members (excludes halogenated alkanes) is 5. The van der Waals surface area contributed by atoms with Gasteiger partial charge in [-0.25, -0.2) is 0 Å². The molecule has 0 amide bonds. The summed E-state index contributed by atoms with van der Waals surface area (Å²) >= 11 is 0. The van der Waals surface area contributed by atoms with Crippen LogP contribution in [0.5, 0.6) is 0 Å². The van der Waals surface area contributed by atoms with Crippen LogP contribution in [0, 0.1) is 0 Å². The molecule has 0 radical (unpaired) electrons. The average molecular weight is 360 g/mol. The van der Waals surface area contributed by atoms with E-state index in [0.717, 1.165) is 44.9 Å². The molecule has 1 N–H and O–H groups in total.